The average Bonchev–Trinajstić information content (AvgIpc) is 2.60. The molecule has 0 aliphatic rings. The lowest BCUT2D eigenvalue weighted by molar-refractivity contribution is 0.111. The Morgan fingerprint density at radius 3 is 2.08 bits per heavy atom. The smallest absolute Gasteiger partial charge is 0.153 e. The lowest BCUT2D eigenvalue weighted by Crippen LogP contribution is -1.98. The Labute approximate surface area is 160 Å². The van der Waals surface area contributed by atoms with Gasteiger partial charge in [-0.1, -0.05) is 53.0 Å². The molecule has 0 heterocycles. The highest BCUT2D eigenvalue weighted by Gasteiger charge is 2.08. The number of halogens is 3. The van der Waals surface area contributed by atoms with E-state index in [0.29, 0.717) is 33.0 Å². The Morgan fingerprint density at radius 2 is 1.44 bits per heavy atom. The standard InChI is InChI=1S/C20H13Cl3O2/c21-17-4-1-13(2-5-17)12-25-20-6-3-14(7-16(20)11-24)15-8-18(22)10-19(23)9-15/h1-11H,12H2. The minimum atomic E-state index is 0.348. The fraction of sp³-hybridized carbons (Fsp3) is 0.0500. The first-order valence-electron chi connectivity index (χ1n) is 7.48. The van der Waals surface area contributed by atoms with Crippen LogP contribution in [-0.2, 0) is 6.61 Å². The maximum atomic E-state index is 11.5. The van der Waals surface area contributed by atoms with Crippen molar-refractivity contribution in [1.82, 2.24) is 0 Å². The molecule has 0 atom stereocenters. The van der Waals surface area contributed by atoms with Gasteiger partial charge in [-0.15, -0.1) is 0 Å². The van der Waals surface area contributed by atoms with E-state index in [-0.39, 0.29) is 0 Å². The van der Waals surface area contributed by atoms with E-state index in [9.17, 15) is 4.79 Å². The molecule has 126 valence electrons. The van der Waals surface area contributed by atoms with Crippen LogP contribution in [-0.4, -0.2) is 6.29 Å². The number of hydrogen-bond donors (Lipinski definition) is 0. The van der Waals surface area contributed by atoms with Crippen LogP contribution in [0.3, 0.4) is 0 Å². The molecule has 2 nitrogen and oxygen atoms in total. The van der Waals surface area contributed by atoms with E-state index in [4.69, 9.17) is 39.5 Å². The van der Waals surface area contributed by atoms with Gasteiger partial charge >= 0.3 is 0 Å². The lowest BCUT2D eigenvalue weighted by atomic mass is 10.0. The first-order valence-corrected chi connectivity index (χ1v) is 8.61. The topological polar surface area (TPSA) is 26.3 Å². The van der Waals surface area contributed by atoms with Gasteiger partial charge in [-0.25, -0.2) is 0 Å². The van der Waals surface area contributed by atoms with Gasteiger partial charge in [0.1, 0.15) is 12.4 Å². The van der Waals surface area contributed by atoms with Crippen molar-refractivity contribution < 1.29 is 9.53 Å². The zero-order valence-corrected chi connectivity index (χ0v) is 15.3. The molecule has 0 bridgehead atoms. The number of aldehydes is 1. The van der Waals surface area contributed by atoms with Crippen LogP contribution in [0.4, 0.5) is 0 Å². The Kier molecular flexibility index (Phi) is 5.64. The van der Waals surface area contributed by atoms with E-state index >= 15 is 0 Å². The average molecular weight is 392 g/mol. The summed E-state index contributed by atoms with van der Waals surface area (Å²) in [4.78, 5) is 11.5. The van der Waals surface area contributed by atoms with E-state index in [1.165, 1.54) is 0 Å². The molecule has 0 spiro atoms. The first kappa shape index (κ1) is 17.8. The summed E-state index contributed by atoms with van der Waals surface area (Å²) < 4.78 is 5.77. The van der Waals surface area contributed by atoms with Gasteiger partial charge < -0.3 is 4.74 Å². The molecule has 3 rings (SSSR count). The zero-order valence-electron chi connectivity index (χ0n) is 13.0. The summed E-state index contributed by atoms with van der Waals surface area (Å²) in [5.74, 6) is 0.516. The molecule has 0 saturated carbocycles. The molecular formula is C20H13Cl3O2. The minimum Gasteiger partial charge on any atom is -0.488 e. The number of ether oxygens (including phenoxy) is 1. The summed E-state index contributed by atoms with van der Waals surface area (Å²) in [5.41, 5.74) is 3.10. The Morgan fingerprint density at radius 1 is 0.760 bits per heavy atom. The third-order valence-electron chi connectivity index (χ3n) is 3.64. The highest BCUT2D eigenvalue weighted by atomic mass is 35.5. The van der Waals surface area contributed by atoms with E-state index in [0.717, 1.165) is 23.0 Å². The zero-order chi connectivity index (χ0) is 17.8. The molecule has 0 N–H and O–H groups in total. The van der Waals surface area contributed by atoms with Crippen molar-refractivity contribution in [3.63, 3.8) is 0 Å². The van der Waals surface area contributed by atoms with Crippen LogP contribution in [0.15, 0.2) is 60.7 Å². The van der Waals surface area contributed by atoms with E-state index in [1.54, 1.807) is 42.5 Å². The monoisotopic (exact) mass is 390 g/mol. The van der Waals surface area contributed by atoms with Gasteiger partial charge in [-0.2, -0.15) is 0 Å². The van der Waals surface area contributed by atoms with Crippen molar-refractivity contribution in [1.29, 1.82) is 0 Å². The van der Waals surface area contributed by atoms with E-state index in [1.807, 2.05) is 18.2 Å². The van der Waals surface area contributed by atoms with Crippen molar-refractivity contribution in [2.24, 2.45) is 0 Å². The molecule has 0 aliphatic carbocycles. The fourth-order valence-electron chi connectivity index (χ4n) is 2.41. The van der Waals surface area contributed by atoms with Crippen molar-refractivity contribution in [3.8, 4) is 16.9 Å². The summed E-state index contributed by atoms with van der Waals surface area (Å²) in [6, 6.07) is 18.0. The summed E-state index contributed by atoms with van der Waals surface area (Å²) in [7, 11) is 0. The van der Waals surface area contributed by atoms with Crippen LogP contribution in [0.5, 0.6) is 5.75 Å². The lowest BCUT2D eigenvalue weighted by Gasteiger charge is -2.11. The second kappa shape index (κ2) is 7.92. The number of rotatable bonds is 5. The maximum absolute atomic E-state index is 11.5. The second-order valence-electron chi connectivity index (χ2n) is 5.44. The number of carbonyl (C=O) groups excluding carboxylic acids is 1. The van der Waals surface area contributed by atoms with Crippen LogP contribution < -0.4 is 4.74 Å². The van der Waals surface area contributed by atoms with Gasteiger partial charge in [0.25, 0.3) is 0 Å². The maximum Gasteiger partial charge on any atom is 0.153 e. The molecule has 5 heteroatoms. The van der Waals surface area contributed by atoms with Crippen molar-refractivity contribution in [3.05, 3.63) is 86.9 Å². The third-order valence-corrected chi connectivity index (χ3v) is 4.33. The van der Waals surface area contributed by atoms with Gasteiger partial charge in [-0.3, -0.25) is 4.79 Å². The Hall–Kier alpha value is -2.00. The first-order chi connectivity index (χ1) is 12.0. The van der Waals surface area contributed by atoms with Crippen molar-refractivity contribution in [2.45, 2.75) is 6.61 Å². The normalized spacial score (nSPS) is 10.5. The summed E-state index contributed by atoms with van der Waals surface area (Å²) in [5, 5.41) is 1.75. The molecule has 0 saturated heterocycles. The minimum absolute atomic E-state index is 0.348. The fourth-order valence-corrected chi connectivity index (χ4v) is 3.07. The number of carbonyl (C=O) groups is 1. The molecule has 3 aromatic carbocycles. The van der Waals surface area contributed by atoms with Gasteiger partial charge in [-0.05, 0) is 59.2 Å². The summed E-state index contributed by atoms with van der Waals surface area (Å²) in [6.45, 7) is 0.348. The second-order valence-corrected chi connectivity index (χ2v) is 6.75. The molecule has 0 fully saturated rings. The number of hydrogen-bond acceptors (Lipinski definition) is 2. The van der Waals surface area contributed by atoms with Gasteiger partial charge in [0, 0.05) is 15.1 Å². The molecular weight excluding hydrogens is 379 g/mol. The predicted octanol–water partition coefficient (Wildman–Crippen LogP) is 6.71. The van der Waals surface area contributed by atoms with Gasteiger partial charge in [0.05, 0.1) is 5.56 Å². The van der Waals surface area contributed by atoms with Gasteiger partial charge in [0.2, 0.25) is 0 Å². The molecule has 0 aliphatic heterocycles. The largest absolute Gasteiger partial charge is 0.488 e. The molecule has 0 aromatic heterocycles. The van der Waals surface area contributed by atoms with Crippen molar-refractivity contribution >= 4 is 41.1 Å². The molecule has 25 heavy (non-hydrogen) atoms. The summed E-state index contributed by atoms with van der Waals surface area (Å²) in [6.07, 6.45) is 0.771. The predicted molar refractivity (Wildman–Crippen MR) is 103 cm³/mol. The Bertz CT molecular complexity index is 885. The van der Waals surface area contributed by atoms with Crippen LogP contribution in [0, 0.1) is 0 Å². The highest BCUT2D eigenvalue weighted by Crippen LogP contribution is 2.30. The van der Waals surface area contributed by atoms with Crippen LogP contribution in [0.25, 0.3) is 11.1 Å². The van der Waals surface area contributed by atoms with Gasteiger partial charge in [0.15, 0.2) is 6.29 Å². The number of benzene rings is 3. The van der Waals surface area contributed by atoms with Crippen LogP contribution >= 0.6 is 34.8 Å². The molecule has 0 radical (unpaired) electrons. The quantitative estimate of drug-likeness (QED) is 0.452. The summed E-state index contributed by atoms with van der Waals surface area (Å²) >= 11 is 18.0. The molecule has 0 amide bonds. The Balaban J connectivity index is 1.84. The van der Waals surface area contributed by atoms with Crippen LogP contribution in [0.2, 0.25) is 15.1 Å². The van der Waals surface area contributed by atoms with E-state index < -0.39 is 0 Å². The van der Waals surface area contributed by atoms with Crippen LogP contribution in [0.1, 0.15) is 15.9 Å². The van der Waals surface area contributed by atoms with Crippen molar-refractivity contribution in [2.75, 3.05) is 0 Å². The highest BCUT2D eigenvalue weighted by molar-refractivity contribution is 6.35. The molecule has 3 aromatic rings. The molecule has 0 unspecified atom stereocenters. The SMILES string of the molecule is O=Cc1cc(-c2cc(Cl)cc(Cl)c2)ccc1OCc1ccc(Cl)cc1. The van der Waals surface area contributed by atoms with E-state index in [2.05, 4.69) is 0 Å². The third kappa shape index (κ3) is 4.55.